The Hall–Kier alpha value is -1.17. The summed E-state index contributed by atoms with van der Waals surface area (Å²) in [6.45, 7) is 1.71. The van der Waals surface area contributed by atoms with E-state index >= 15 is 0 Å². The maximum absolute atomic E-state index is 12.7. The van der Waals surface area contributed by atoms with E-state index in [0.29, 0.717) is 34.2 Å². The van der Waals surface area contributed by atoms with Crippen LogP contribution in [0.5, 0.6) is 11.5 Å². The van der Waals surface area contributed by atoms with E-state index in [1.165, 1.54) is 6.42 Å². The van der Waals surface area contributed by atoms with Gasteiger partial charge in [-0.1, -0.05) is 11.6 Å². The molecule has 3 aliphatic heterocycles. The van der Waals surface area contributed by atoms with Crippen molar-refractivity contribution >= 4 is 29.9 Å². The van der Waals surface area contributed by atoms with Crippen LogP contribution in [-0.2, 0) is 0 Å². The van der Waals surface area contributed by atoms with Crippen LogP contribution in [-0.4, -0.2) is 42.8 Å². The summed E-state index contributed by atoms with van der Waals surface area (Å²) < 4.78 is 10.6. The van der Waals surface area contributed by atoms with Crippen LogP contribution in [0.3, 0.4) is 0 Å². The fraction of sp³-hybridized carbons (Fsp3) is 0.533. The first kappa shape index (κ1) is 15.7. The van der Waals surface area contributed by atoms with Gasteiger partial charge in [-0.2, -0.15) is 0 Å². The van der Waals surface area contributed by atoms with Gasteiger partial charge in [0, 0.05) is 30.7 Å². The molecule has 0 spiro atoms. The molecule has 1 aromatic carbocycles. The molecule has 4 rings (SSSR count). The highest BCUT2D eigenvalue weighted by Gasteiger charge is 2.32. The third-order valence-corrected chi connectivity index (χ3v) is 4.77. The molecule has 2 unspecified atom stereocenters. The largest absolute Gasteiger partial charge is 0.454 e. The van der Waals surface area contributed by atoms with Gasteiger partial charge >= 0.3 is 0 Å². The average molecular weight is 345 g/mol. The van der Waals surface area contributed by atoms with Crippen molar-refractivity contribution in [1.82, 2.24) is 10.2 Å². The molecular formula is C15H18Cl2N2O3. The minimum absolute atomic E-state index is 0. The zero-order chi connectivity index (χ0) is 14.4. The molecule has 22 heavy (non-hydrogen) atoms. The van der Waals surface area contributed by atoms with Crippen molar-refractivity contribution in [3.05, 3.63) is 22.7 Å². The van der Waals surface area contributed by atoms with Crippen molar-refractivity contribution < 1.29 is 14.3 Å². The van der Waals surface area contributed by atoms with Gasteiger partial charge in [0.1, 0.15) is 0 Å². The van der Waals surface area contributed by atoms with E-state index in [4.69, 9.17) is 21.1 Å². The maximum Gasteiger partial charge on any atom is 0.254 e. The third kappa shape index (κ3) is 2.73. The van der Waals surface area contributed by atoms with Gasteiger partial charge in [0.25, 0.3) is 5.91 Å². The number of likely N-dealkylation sites (tertiary alicyclic amines) is 1. The molecule has 3 heterocycles. The molecular weight excluding hydrogens is 327 g/mol. The van der Waals surface area contributed by atoms with E-state index in [2.05, 4.69) is 5.32 Å². The van der Waals surface area contributed by atoms with Crippen LogP contribution in [0.25, 0.3) is 0 Å². The molecule has 0 radical (unpaired) electrons. The number of hydrogen-bond donors (Lipinski definition) is 1. The van der Waals surface area contributed by atoms with Crippen LogP contribution in [0.15, 0.2) is 12.1 Å². The van der Waals surface area contributed by atoms with E-state index in [0.717, 1.165) is 25.9 Å². The van der Waals surface area contributed by atoms with Crippen molar-refractivity contribution in [3.8, 4) is 11.5 Å². The Morgan fingerprint density at radius 2 is 2.05 bits per heavy atom. The molecule has 5 nitrogen and oxygen atoms in total. The predicted molar refractivity (Wildman–Crippen MR) is 85.3 cm³/mol. The molecule has 0 saturated carbocycles. The lowest BCUT2D eigenvalue weighted by molar-refractivity contribution is 0.0747. The van der Waals surface area contributed by atoms with Gasteiger partial charge in [-0.25, -0.2) is 0 Å². The van der Waals surface area contributed by atoms with Crippen LogP contribution in [0.2, 0.25) is 5.02 Å². The van der Waals surface area contributed by atoms with Crippen LogP contribution in [0.4, 0.5) is 0 Å². The summed E-state index contributed by atoms with van der Waals surface area (Å²) in [5.74, 6) is 1.11. The first-order valence-corrected chi connectivity index (χ1v) is 7.73. The zero-order valence-corrected chi connectivity index (χ0v) is 13.6. The number of amides is 1. The van der Waals surface area contributed by atoms with Gasteiger partial charge in [-0.15, -0.1) is 12.4 Å². The lowest BCUT2D eigenvalue weighted by Gasteiger charge is -2.24. The summed E-state index contributed by atoms with van der Waals surface area (Å²) in [5.41, 5.74) is 0.571. The molecule has 2 saturated heterocycles. The van der Waals surface area contributed by atoms with Gasteiger partial charge in [-0.3, -0.25) is 4.79 Å². The summed E-state index contributed by atoms with van der Waals surface area (Å²) in [5, 5.41) is 4.01. The van der Waals surface area contributed by atoms with Gasteiger partial charge in [0.15, 0.2) is 11.5 Å². The molecule has 3 aliphatic rings. The third-order valence-electron chi connectivity index (χ3n) is 4.48. The summed E-state index contributed by atoms with van der Waals surface area (Å²) in [4.78, 5) is 14.6. The highest BCUT2D eigenvalue weighted by atomic mass is 35.5. The van der Waals surface area contributed by atoms with Gasteiger partial charge in [0.2, 0.25) is 6.79 Å². The number of nitrogens with zero attached hydrogens (tertiary/aromatic N) is 1. The van der Waals surface area contributed by atoms with Crippen LogP contribution >= 0.6 is 24.0 Å². The van der Waals surface area contributed by atoms with Gasteiger partial charge in [0.05, 0.1) is 5.02 Å². The topological polar surface area (TPSA) is 50.8 Å². The fourth-order valence-corrected chi connectivity index (χ4v) is 3.67. The summed E-state index contributed by atoms with van der Waals surface area (Å²) in [7, 11) is 0. The first-order chi connectivity index (χ1) is 10.2. The molecule has 2 bridgehead atoms. The second-order valence-electron chi connectivity index (χ2n) is 5.87. The zero-order valence-electron chi connectivity index (χ0n) is 12.0. The van der Waals surface area contributed by atoms with Crippen molar-refractivity contribution in [2.45, 2.75) is 31.3 Å². The minimum Gasteiger partial charge on any atom is -0.454 e. The fourth-order valence-electron chi connectivity index (χ4n) is 3.40. The number of carbonyl (C=O) groups excluding carboxylic acids is 1. The summed E-state index contributed by atoms with van der Waals surface area (Å²) in [6, 6.07) is 4.39. The molecule has 2 atom stereocenters. The normalized spacial score (nSPS) is 25.6. The number of hydrogen-bond acceptors (Lipinski definition) is 4. The summed E-state index contributed by atoms with van der Waals surface area (Å²) >= 11 is 6.16. The SMILES string of the molecule is Cl.O=C(c1cc(Cl)c2c(c1)OCO2)N1CCC2CCC(C1)N2. The van der Waals surface area contributed by atoms with Crippen molar-refractivity contribution in [3.63, 3.8) is 0 Å². The molecule has 7 heteroatoms. The number of ether oxygens (including phenoxy) is 2. The van der Waals surface area contributed by atoms with Crippen molar-refractivity contribution in [2.24, 2.45) is 0 Å². The number of fused-ring (bicyclic) bond motifs is 3. The lowest BCUT2D eigenvalue weighted by Crippen LogP contribution is -2.39. The van der Waals surface area contributed by atoms with E-state index < -0.39 is 0 Å². The number of halogens is 2. The predicted octanol–water partition coefficient (Wildman–Crippen LogP) is 2.46. The average Bonchev–Trinajstić information content (AvgIpc) is 3.05. The Bertz CT molecular complexity index is 596. The van der Waals surface area contributed by atoms with Crippen LogP contribution in [0, 0.1) is 0 Å². The molecule has 1 amide bonds. The smallest absolute Gasteiger partial charge is 0.254 e. The van der Waals surface area contributed by atoms with Crippen molar-refractivity contribution in [2.75, 3.05) is 19.9 Å². The lowest BCUT2D eigenvalue weighted by atomic mass is 10.1. The molecule has 0 aromatic heterocycles. The summed E-state index contributed by atoms with van der Waals surface area (Å²) in [6.07, 6.45) is 3.39. The van der Waals surface area contributed by atoms with Crippen LogP contribution in [0.1, 0.15) is 29.6 Å². The number of benzene rings is 1. The second kappa shape index (κ2) is 6.14. The minimum atomic E-state index is 0. The van der Waals surface area contributed by atoms with E-state index in [9.17, 15) is 4.79 Å². The number of carbonyl (C=O) groups is 1. The highest BCUT2D eigenvalue weighted by molar-refractivity contribution is 6.32. The van der Waals surface area contributed by atoms with Gasteiger partial charge in [-0.05, 0) is 31.4 Å². The molecule has 120 valence electrons. The van der Waals surface area contributed by atoms with Crippen molar-refractivity contribution in [1.29, 1.82) is 0 Å². The van der Waals surface area contributed by atoms with Gasteiger partial charge < -0.3 is 19.7 Å². The van der Waals surface area contributed by atoms with E-state index in [1.807, 2.05) is 4.90 Å². The number of rotatable bonds is 1. The Balaban J connectivity index is 0.00000144. The maximum atomic E-state index is 12.7. The highest BCUT2D eigenvalue weighted by Crippen LogP contribution is 2.40. The first-order valence-electron chi connectivity index (χ1n) is 7.35. The Morgan fingerprint density at radius 3 is 2.91 bits per heavy atom. The van der Waals surface area contributed by atoms with Crippen LogP contribution < -0.4 is 14.8 Å². The molecule has 1 aromatic rings. The second-order valence-corrected chi connectivity index (χ2v) is 6.28. The Labute approximate surface area is 140 Å². The monoisotopic (exact) mass is 344 g/mol. The molecule has 2 fully saturated rings. The van der Waals surface area contributed by atoms with E-state index in [-0.39, 0.29) is 25.1 Å². The number of nitrogens with one attached hydrogen (secondary N) is 1. The molecule has 0 aliphatic carbocycles. The standard InChI is InChI=1S/C15H17ClN2O3.ClH/c16-12-5-9(6-13-14(12)21-8-20-13)15(19)18-4-3-10-1-2-11(7-18)17-10;/h5-6,10-11,17H,1-4,7-8H2;1H. The molecule has 1 N–H and O–H groups in total. The Morgan fingerprint density at radius 1 is 1.23 bits per heavy atom. The van der Waals surface area contributed by atoms with E-state index in [1.54, 1.807) is 12.1 Å². The Kier molecular flexibility index (Phi) is 4.39. The quantitative estimate of drug-likeness (QED) is 0.850.